The topological polar surface area (TPSA) is 66.9 Å². The van der Waals surface area contributed by atoms with Gasteiger partial charge in [0.2, 0.25) is 0 Å². The van der Waals surface area contributed by atoms with Crippen molar-refractivity contribution in [2.45, 2.75) is 39.2 Å². The number of anilines is 1. The van der Waals surface area contributed by atoms with Gasteiger partial charge < -0.3 is 9.64 Å². The Bertz CT molecular complexity index is 896. The molecule has 0 unspecified atom stereocenters. The highest BCUT2D eigenvalue weighted by atomic mass is 16.5. The summed E-state index contributed by atoms with van der Waals surface area (Å²) in [7, 11) is 0. The highest BCUT2D eigenvalue weighted by molar-refractivity contribution is 5.93. The molecule has 0 bridgehead atoms. The Balaban J connectivity index is 1.73. The Morgan fingerprint density at radius 2 is 1.96 bits per heavy atom. The average Bonchev–Trinajstić information content (AvgIpc) is 3.19. The van der Waals surface area contributed by atoms with E-state index in [9.17, 15) is 0 Å². The van der Waals surface area contributed by atoms with Gasteiger partial charge in [0.15, 0.2) is 0 Å². The van der Waals surface area contributed by atoms with E-state index in [-0.39, 0.29) is 5.60 Å². The van der Waals surface area contributed by atoms with Crippen LogP contribution in [0.15, 0.2) is 30.6 Å². The van der Waals surface area contributed by atoms with Crippen molar-refractivity contribution in [1.82, 2.24) is 20.2 Å². The molecule has 0 aliphatic heterocycles. The second kappa shape index (κ2) is 6.02. The summed E-state index contributed by atoms with van der Waals surface area (Å²) in [5.74, 6) is 1.80. The molecule has 6 heteroatoms. The first kappa shape index (κ1) is 15.9. The predicted octanol–water partition coefficient (Wildman–Crippen LogP) is 3.80. The van der Waals surface area contributed by atoms with Gasteiger partial charge in [0.25, 0.3) is 0 Å². The summed E-state index contributed by atoms with van der Waals surface area (Å²) >= 11 is 0. The maximum absolute atomic E-state index is 6.10. The maximum Gasteiger partial charge on any atom is 0.132 e. The van der Waals surface area contributed by atoms with Gasteiger partial charge in [-0.3, -0.25) is 5.10 Å². The van der Waals surface area contributed by atoms with Gasteiger partial charge in [0.05, 0.1) is 11.2 Å². The lowest BCUT2D eigenvalue weighted by Crippen LogP contribution is -2.23. The molecular weight excluding hydrogens is 314 g/mol. The molecule has 0 spiro atoms. The summed E-state index contributed by atoms with van der Waals surface area (Å²) in [4.78, 5) is 11.0. The molecule has 2 aromatic heterocycles. The van der Waals surface area contributed by atoms with Crippen molar-refractivity contribution in [2.24, 2.45) is 0 Å². The van der Waals surface area contributed by atoms with Gasteiger partial charge in [-0.2, -0.15) is 5.10 Å². The van der Waals surface area contributed by atoms with E-state index in [1.165, 1.54) is 0 Å². The standard InChI is InChI=1S/C19H23N5O/c1-4-24(5-2)17-11-16(20-12-21-17)18-14-10-13(25-19(3)8-9-19)6-7-15(14)22-23-18/h6-7,10-12H,4-5,8-9H2,1-3H3,(H,22,23). The van der Waals surface area contributed by atoms with Crippen LogP contribution in [0.4, 0.5) is 5.82 Å². The van der Waals surface area contributed by atoms with E-state index in [0.29, 0.717) is 0 Å². The number of aromatic nitrogens is 4. The Morgan fingerprint density at radius 1 is 1.16 bits per heavy atom. The van der Waals surface area contributed by atoms with Gasteiger partial charge in [-0.1, -0.05) is 0 Å². The van der Waals surface area contributed by atoms with Crippen molar-refractivity contribution in [3.63, 3.8) is 0 Å². The summed E-state index contributed by atoms with van der Waals surface area (Å²) in [5.41, 5.74) is 2.63. The van der Waals surface area contributed by atoms with Crippen LogP contribution < -0.4 is 9.64 Å². The number of nitrogens with one attached hydrogen (secondary N) is 1. The summed E-state index contributed by atoms with van der Waals surface area (Å²) < 4.78 is 6.10. The Morgan fingerprint density at radius 3 is 2.68 bits per heavy atom. The molecule has 1 saturated carbocycles. The van der Waals surface area contributed by atoms with E-state index in [1.807, 2.05) is 18.2 Å². The summed E-state index contributed by atoms with van der Waals surface area (Å²) in [5, 5.41) is 8.59. The van der Waals surface area contributed by atoms with Crippen molar-refractivity contribution < 1.29 is 4.74 Å². The van der Waals surface area contributed by atoms with Crippen LogP contribution in [0.2, 0.25) is 0 Å². The number of H-pyrrole nitrogens is 1. The lowest BCUT2D eigenvalue weighted by molar-refractivity contribution is 0.200. The molecule has 1 N–H and O–H groups in total. The van der Waals surface area contributed by atoms with E-state index in [0.717, 1.165) is 59.8 Å². The smallest absolute Gasteiger partial charge is 0.132 e. The third-order valence-corrected chi connectivity index (χ3v) is 4.84. The highest BCUT2D eigenvalue weighted by Gasteiger charge is 2.40. The van der Waals surface area contributed by atoms with E-state index in [1.54, 1.807) is 6.33 Å². The van der Waals surface area contributed by atoms with Crippen LogP contribution in [0, 0.1) is 0 Å². The second-order valence-electron chi connectivity index (χ2n) is 6.77. The molecule has 4 rings (SSSR count). The van der Waals surface area contributed by atoms with Crippen molar-refractivity contribution in [3.8, 4) is 17.1 Å². The minimum Gasteiger partial charge on any atom is -0.488 e. The third-order valence-electron chi connectivity index (χ3n) is 4.84. The molecule has 6 nitrogen and oxygen atoms in total. The molecule has 0 amide bonds. The number of hydrogen-bond acceptors (Lipinski definition) is 5. The van der Waals surface area contributed by atoms with Gasteiger partial charge >= 0.3 is 0 Å². The van der Waals surface area contributed by atoms with E-state index in [4.69, 9.17) is 4.74 Å². The van der Waals surface area contributed by atoms with Gasteiger partial charge in [-0.15, -0.1) is 0 Å². The molecule has 0 saturated heterocycles. The Hall–Kier alpha value is -2.63. The van der Waals surface area contributed by atoms with Gasteiger partial charge in [0.1, 0.15) is 29.2 Å². The molecule has 1 aliphatic carbocycles. The number of rotatable bonds is 6. The van der Waals surface area contributed by atoms with E-state index < -0.39 is 0 Å². The van der Waals surface area contributed by atoms with Crippen molar-refractivity contribution in [2.75, 3.05) is 18.0 Å². The van der Waals surface area contributed by atoms with Crippen molar-refractivity contribution in [1.29, 1.82) is 0 Å². The lowest BCUT2D eigenvalue weighted by atomic mass is 10.1. The predicted molar refractivity (Wildman–Crippen MR) is 98.9 cm³/mol. The summed E-state index contributed by atoms with van der Waals surface area (Å²) in [6.45, 7) is 8.21. The fourth-order valence-electron chi connectivity index (χ4n) is 3.01. The molecule has 0 atom stereocenters. The number of aromatic amines is 1. The zero-order chi connectivity index (χ0) is 17.4. The van der Waals surface area contributed by atoms with Crippen LogP contribution in [0.25, 0.3) is 22.3 Å². The van der Waals surface area contributed by atoms with Crippen molar-refractivity contribution in [3.05, 3.63) is 30.6 Å². The maximum atomic E-state index is 6.10. The molecule has 0 radical (unpaired) electrons. The normalized spacial score (nSPS) is 15.3. The number of ether oxygens (including phenoxy) is 1. The van der Waals surface area contributed by atoms with Crippen LogP contribution in [-0.2, 0) is 0 Å². The fourth-order valence-corrected chi connectivity index (χ4v) is 3.01. The SMILES string of the molecule is CCN(CC)c1cc(-c2n[nH]c3ccc(OC4(C)CC4)cc23)ncn1. The van der Waals surface area contributed by atoms with Crippen molar-refractivity contribution >= 4 is 16.7 Å². The number of benzene rings is 1. The minimum atomic E-state index is 0.00240. The molecule has 1 aliphatic rings. The first-order valence-corrected chi connectivity index (χ1v) is 8.86. The molecule has 1 aromatic carbocycles. The molecule has 2 heterocycles. The first-order valence-electron chi connectivity index (χ1n) is 8.86. The van der Waals surface area contributed by atoms with Crippen LogP contribution in [-0.4, -0.2) is 38.9 Å². The van der Waals surface area contributed by atoms with E-state index in [2.05, 4.69) is 51.9 Å². The monoisotopic (exact) mass is 337 g/mol. The van der Waals surface area contributed by atoms with Gasteiger partial charge in [-0.05, 0) is 51.8 Å². The van der Waals surface area contributed by atoms with Gasteiger partial charge in [0, 0.05) is 24.5 Å². The van der Waals surface area contributed by atoms with Crippen LogP contribution in [0.5, 0.6) is 5.75 Å². The molecular formula is C19H23N5O. The van der Waals surface area contributed by atoms with Crippen LogP contribution in [0.3, 0.4) is 0 Å². The fraction of sp³-hybridized carbons (Fsp3) is 0.421. The minimum absolute atomic E-state index is 0.00240. The number of hydrogen-bond donors (Lipinski definition) is 1. The summed E-state index contributed by atoms with van der Waals surface area (Å²) in [6.07, 6.45) is 3.83. The Kier molecular flexibility index (Phi) is 3.82. The third kappa shape index (κ3) is 3.04. The zero-order valence-electron chi connectivity index (χ0n) is 14.9. The zero-order valence-corrected chi connectivity index (χ0v) is 14.9. The molecule has 1 fully saturated rings. The van der Waals surface area contributed by atoms with E-state index >= 15 is 0 Å². The average molecular weight is 337 g/mol. The number of fused-ring (bicyclic) bond motifs is 1. The lowest BCUT2D eigenvalue weighted by Gasteiger charge is -2.19. The highest BCUT2D eigenvalue weighted by Crippen LogP contribution is 2.40. The molecule has 25 heavy (non-hydrogen) atoms. The Labute approximate surface area is 147 Å². The quantitative estimate of drug-likeness (QED) is 0.741. The molecule has 130 valence electrons. The van der Waals surface area contributed by atoms with Gasteiger partial charge in [-0.25, -0.2) is 9.97 Å². The first-order chi connectivity index (χ1) is 12.1. The number of nitrogens with zero attached hydrogens (tertiary/aromatic N) is 4. The van der Waals surface area contributed by atoms with Crippen LogP contribution in [0.1, 0.15) is 33.6 Å². The largest absolute Gasteiger partial charge is 0.488 e. The second-order valence-corrected chi connectivity index (χ2v) is 6.77. The van der Waals surface area contributed by atoms with Crippen LogP contribution >= 0.6 is 0 Å². The molecule has 3 aromatic rings. The summed E-state index contributed by atoms with van der Waals surface area (Å²) in [6, 6.07) is 8.06.